The van der Waals surface area contributed by atoms with E-state index in [0.717, 1.165) is 50.3 Å². The molecule has 11 nitrogen and oxygen atoms in total. The van der Waals surface area contributed by atoms with Gasteiger partial charge in [0.05, 0.1) is 17.0 Å². The van der Waals surface area contributed by atoms with Crippen molar-refractivity contribution < 1.29 is 19.1 Å². The highest BCUT2D eigenvalue weighted by Gasteiger charge is 2.18. The van der Waals surface area contributed by atoms with Crippen molar-refractivity contribution in [3.8, 4) is 0 Å². The molecule has 4 amide bonds. The van der Waals surface area contributed by atoms with Crippen LogP contribution >= 0.6 is 11.3 Å². The number of carbonyl (C=O) groups excluding carboxylic acids is 3. The Morgan fingerprint density at radius 2 is 1.71 bits per heavy atom. The van der Waals surface area contributed by atoms with Crippen LogP contribution in [0, 0.1) is 0 Å². The van der Waals surface area contributed by atoms with Gasteiger partial charge in [0, 0.05) is 69.9 Å². The van der Waals surface area contributed by atoms with Crippen LogP contribution in [0.1, 0.15) is 48.8 Å². The van der Waals surface area contributed by atoms with Gasteiger partial charge >= 0.3 is 6.03 Å². The molecule has 1 fully saturated rings. The zero-order valence-corrected chi connectivity index (χ0v) is 27.9. The lowest BCUT2D eigenvalue weighted by atomic mass is 10.2. The van der Waals surface area contributed by atoms with Gasteiger partial charge in [0.2, 0.25) is 6.41 Å². The van der Waals surface area contributed by atoms with Crippen molar-refractivity contribution in [1.29, 1.82) is 0 Å². The van der Waals surface area contributed by atoms with Crippen LogP contribution < -0.4 is 16.0 Å². The third-order valence-electron chi connectivity index (χ3n) is 7.24. The minimum Gasteiger partial charge on any atom is -0.379 e. The zero-order valence-electron chi connectivity index (χ0n) is 27.0. The predicted molar refractivity (Wildman–Crippen MR) is 181 cm³/mol. The van der Waals surface area contributed by atoms with Crippen molar-refractivity contribution in [1.82, 2.24) is 25.0 Å². The predicted octanol–water partition coefficient (Wildman–Crippen LogP) is 4.74. The van der Waals surface area contributed by atoms with Gasteiger partial charge in [-0.15, -0.1) is 11.3 Å². The Kier molecular flexibility index (Phi) is 14.4. The lowest BCUT2D eigenvalue weighted by Crippen LogP contribution is -2.45. The molecule has 1 saturated heterocycles. The van der Waals surface area contributed by atoms with E-state index < -0.39 is 0 Å². The number of pyridine rings is 1. The van der Waals surface area contributed by atoms with Gasteiger partial charge in [-0.25, -0.2) is 4.79 Å². The number of ether oxygens (including phenoxy) is 1. The number of benzene rings is 1. The van der Waals surface area contributed by atoms with E-state index in [9.17, 15) is 14.4 Å². The number of amides is 4. The lowest BCUT2D eigenvalue weighted by molar-refractivity contribution is -0.105. The first kappa shape index (κ1) is 35.6. The number of carbonyl (C=O) groups is 3. The minimum absolute atomic E-state index is 0.0417. The molecule has 3 aromatic rings. The quantitative estimate of drug-likeness (QED) is 0.246. The van der Waals surface area contributed by atoms with Crippen molar-refractivity contribution in [2.24, 2.45) is 0 Å². The lowest BCUT2D eigenvalue weighted by Gasteiger charge is -2.33. The standard InChI is InChI=1S/C28H35N7O3S.C5H12O/c1-33-12-14-34(15-13-33)10-5-11-35(28(38)30-16-22-6-3-2-4-7-22)18-23-8-9-24(29-17-23)27(37)32-26-20-39-19-25(26)31-21-36;1-5(2,3)6-4/h2-4,6-9,17,19-21H,5,10-16,18H2,1H3,(H,30,38)(H,31,36)(H,32,37);1-4H3. The van der Waals surface area contributed by atoms with Crippen molar-refractivity contribution in [3.05, 3.63) is 76.2 Å². The average Bonchev–Trinajstić information content (AvgIpc) is 3.47. The number of hydrogen-bond acceptors (Lipinski definition) is 8. The third-order valence-corrected chi connectivity index (χ3v) is 7.98. The first-order valence-electron chi connectivity index (χ1n) is 15.1. The van der Waals surface area contributed by atoms with Gasteiger partial charge in [0.1, 0.15) is 5.69 Å². The summed E-state index contributed by atoms with van der Waals surface area (Å²) in [7, 11) is 3.85. The molecule has 1 aliphatic rings. The number of likely N-dealkylation sites (N-methyl/N-ethyl adjacent to an activating group) is 1. The van der Waals surface area contributed by atoms with Gasteiger partial charge in [0.15, 0.2) is 0 Å². The van der Waals surface area contributed by atoms with E-state index in [1.54, 1.807) is 35.0 Å². The maximum absolute atomic E-state index is 13.2. The Labute approximate surface area is 271 Å². The van der Waals surface area contributed by atoms with E-state index in [1.807, 2.05) is 57.2 Å². The molecule has 0 saturated carbocycles. The molecule has 0 unspecified atom stereocenters. The third kappa shape index (κ3) is 13.0. The number of rotatable bonds is 12. The highest BCUT2D eigenvalue weighted by atomic mass is 32.1. The SMILES string of the molecule is CN1CCN(CCCN(Cc2ccc(C(=O)Nc3cscc3NC=O)nc2)C(=O)NCc2ccccc2)CC1.COC(C)(C)C. The number of methoxy groups -OCH3 is 1. The van der Waals surface area contributed by atoms with Crippen LogP contribution in [0.15, 0.2) is 59.4 Å². The van der Waals surface area contributed by atoms with Crippen molar-refractivity contribution in [2.45, 2.75) is 45.9 Å². The summed E-state index contributed by atoms with van der Waals surface area (Å²) in [6.07, 6.45) is 3.07. The molecule has 3 heterocycles. The maximum Gasteiger partial charge on any atom is 0.317 e. The summed E-state index contributed by atoms with van der Waals surface area (Å²) in [4.78, 5) is 47.5. The summed E-state index contributed by atoms with van der Waals surface area (Å²) in [6.45, 7) is 12.7. The van der Waals surface area contributed by atoms with Crippen LogP contribution in [0.25, 0.3) is 0 Å². The minimum atomic E-state index is -0.376. The summed E-state index contributed by atoms with van der Waals surface area (Å²) in [5.74, 6) is -0.376. The normalized spacial score (nSPS) is 13.7. The first-order valence-corrected chi connectivity index (χ1v) is 16.1. The van der Waals surface area contributed by atoms with E-state index in [1.165, 1.54) is 11.3 Å². The molecule has 0 radical (unpaired) electrons. The number of urea groups is 1. The highest BCUT2D eigenvalue weighted by molar-refractivity contribution is 7.09. The molecule has 0 aliphatic carbocycles. The Morgan fingerprint density at radius 1 is 1.02 bits per heavy atom. The van der Waals surface area contributed by atoms with Crippen LogP contribution in [0.3, 0.4) is 0 Å². The molecule has 2 aromatic heterocycles. The molecule has 4 rings (SSSR count). The second-order valence-electron chi connectivity index (χ2n) is 11.8. The van der Waals surface area contributed by atoms with Gasteiger partial charge < -0.3 is 35.4 Å². The van der Waals surface area contributed by atoms with E-state index in [2.05, 4.69) is 37.8 Å². The number of piperazine rings is 1. The molecular formula is C33H47N7O4S. The summed E-state index contributed by atoms with van der Waals surface area (Å²) >= 11 is 1.37. The molecule has 1 aliphatic heterocycles. The van der Waals surface area contributed by atoms with Crippen molar-refractivity contribution >= 4 is 41.1 Å². The summed E-state index contributed by atoms with van der Waals surface area (Å²) in [5.41, 5.74) is 3.22. The largest absolute Gasteiger partial charge is 0.379 e. The molecular weight excluding hydrogens is 590 g/mol. The number of aromatic nitrogens is 1. The fourth-order valence-corrected chi connectivity index (χ4v) is 5.04. The molecule has 0 spiro atoms. The Balaban J connectivity index is 0.000000838. The molecule has 12 heteroatoms. The van der Waals surface area contributed by atoms with Gasteiger partial charge in [0.25, 0.3) is 5.91 Å². The number of hydrogen-bond donors (Lipinski definition) is 3. The molecule has 1 aromatic carbocycles. The Hall–Kier alpha value is -3.84. The summed E-state index contributed by atoms with van der Waals surface area (Å²) in [6, 6.07) is 13.2. The van der Waals surface area contributed by atoms with E-state index in [4.69, 9.17) is 4.74 Å². The topological polar surface area (TPSA) is 119 Å². The van der Waals surface area contributed by atoms with Crippen LogP contribution in [-0.2, 0) is 22.6 Å². The second kappa shape index (κ2) is 18.2. The average molecular weight is 638 g/mol. The number of nitrogens with one attached hydrogen (secondary N) is 3. The maximum atomic E-state index is 13.2. The monoisotopic (exact) mass is 637 g/mol. The molecule has 45 heavy (non-hydrogen) atoms. The van der Waals surface area contributed by atoms with E-state index in [-0.39, 0.29) is 23.2 Å². The van der Waals surface area contributed by atoms with Crippen molar-refractivity contribution in [3.63, 3.8) is 0 Å². The number of anilines is 2. The van der Waals surface area contributed by atoms with Crippen LogP contribution in [0.5, 0.6) is 0 Å². The van der Waals surface area contributed by atoms with Gasteiger partial charge in [-0.3, -0.25) is 14.6 Å². The Bertz CT molecular complexity index is 1320. The number of thiophene rings is 1. The molecule has 3 N–H and O–H groups in total. The highest BCUT2D eigenvalue weighted by Crippen LogP contribution is 2.26. The van der Waals surface area contributed by atoms with Crippen LogP contribution in [-0.4, -0.2) is 97.1 Å². The van der Waals surface area contributed by atoms with Crippen LogP contribution in [0.2, 0.25) is 0 Å². The molecule has 0 atom stereocenters. The smallest absolute Gasteiger partial charge is 0.317 e. The number of nitrogens with zero attached hydrogens (tertiary/aromatic N) is 4. The van der Waals surface area contributed by atoms with Crippen molar-refractivity contribution in [2.75, 3.05) is 64.1 Å². The molecule has 244 valence electrons. The fraction of sp³-hybridized carbons (Fsp3) is 0.455. The summed E-state index contributed by atoms with van der Waals surface area (Å²) < 4.78 is 4.94. The fourth-order valence-electron chi connectivity index (χ4n) is 4.32. The second-order valence-corrected chi connectivity index (χ2v) is 12.6. The zero-order chi connectivity index (χ0) is 32.7. The van der Waals surface area contributed by atoms with Gasteiger partial charge in [-0.05, 0) is 58.0 Å². The van der Waals surface area contributed by atoms with E-state index >= 15 is 0 Å². The first-order chi connectivity index (χ1) is 21.6. The van der Waals surface area contributed by atoms with Gasteiger partial charge in [-0.1, -0.05) is 36.4 Å². The van der Waals surface area contributed by atoms with Gasteiger partial charge in [-0.2, -0.15) is 0 Å². The Morgan fingerprint density at radius 3 is 2.33 bits per heavy atom. The molecule has 0 bridgehead atoms. The van der Waals surface area contributed by atoms with Crippen LogP contribution in [0.4, 0.5) is 16.2 Å². The van der Waals surface area contributed by atoms with E-state index in [0.29, 0.717) is 37.4 Å². The summed E-state index contributed by atoms with van der Waals surface area (Å²) in [5, 5.41) is 11.8.